The fourth-order valence-corrected chi connectivity index (χ4v) is 1.67. The minimum atomic E-state index is -0.486. The van der Waals surface area contributed by atoms with Gasteiger partial charge in [0.15, 0.2) is 5.82 Å². The van der Waals surface area contributed by atoms with Crippen molar-refractivity contribution in [2.75, 3.05) is 0 Å². The van der Waals surface area contributed by atoms with Gasteiger partial charge in [0.05, 0.1) is 5.02 Å². The van der Waals surface area contributed by atoms with Gasteiger partial charge in [-0.1, -0.05) is 22.8 Å². The highest BCUT2D eigenvalue weighted by Gasteiger charge is 2.09. The molecule has 1 aromatic heterocycles. The van der Waals surface area contributed by atoms with Crippen LogP contribution in [0.3, 0.4) is 0 Å². The molecule has 0 spiro atoms. The van der Waals surface area contributed by atoms with Gasteiger partial charge in [-0.05, 0) is 17.7 Å². The molecule has 2 aromatic rings. The Bertz CT molecular complexity index is 596. The zero-order valence-electron chi connectivity index (χ0n) is 9.22. The fourth-order valence-electron chi connectivity index (χ4n) is 1.55. The SMILES string of the molecule is N/C(=N/O)c1nccn1Cc1ccc(Cl)c(F)c1. The molecule has 0 aliphatic heterocycles. The van der Waals surface area contributed by atoms with Crippen molar-refractivity contribution in [3.05, 3.63) is 52.8 Å². The summed E-state index contributed by atoms with van der Waals surface area (Å²) in [6.07, 6.45) is 3.17. The van der Waals surface area contributed by atoms with E-state index in [0.29, 0.717) is 17.9 Å². The molecule has 0 saturated carbocycles. The van der Waals surface area contributed by atoms with Crippen LogP contribution in [-0.2, 0) is 6.54 Å². The van der Waals surface area contributed by atoms with Gasteiger partial charge in [-0.25, -0.2) is 9.37 Å². The smallest absolute Gasteiger partial charge is 0.206 e. The monoisotopic (exact) mass is 268 g/mol. The first-order chi connectivity index (χ1) is 8.61. The lowest BCUT2D eigenvalue weighted by atomic mass is 10.2. The van der Waals surface area contributed by atoms with Gasteiger partial charge in [-0.2, -0.15) is 0 Å². The molecular weight excluding hydrogens is 259 g/mol. The van der Waals surface area contributed by atoms with Crippen LogP contribution < -0.4 is 5.73 Å². The minimum Gasteiger partial charge on any atom is -0.409 e. The average molecular weight is 269 g/mol. The Morgan fingerprint density at radius 3 is 3.00 bits per heavy atom. The molecule has 5 nitrogen and oxygen atoms in total. The van der Waals surface area contributed by atoms with E-state index < -0.39 is 5.82 Å². The summed E-state index contributed by atoms with van der Waals surface area (Å²) in [5.74, 6) is -0.276. The van der Waals surface area contributed by atoms with Gasteiger partial charge in [0.1, 0.15) is 5.82 Å². The first-order valence-electron chi connectivity index (χ1n) is 5.05. The summed E-state index contributed by atoms with van der Waals surface area (Å²) in [6, 6.07) is 4.51. The number of nitrogens with zero attached hydrogens (tertiary/aromatic N) is 3. The van der Waals surface area contributed by atoms with E-state index in [-0.39, 0.29) is 10.9 Å². The van der Waals surface area contributed by atoms with Crippen molar-refractivity contribution in [1.29, 1.82) is 0 Å². The van der Waals surface area contributed by atoms with Crippen LogP contribution in [-0.4, -0.2) is 20.6 Å². The number of hydrogen-bond donors (Lipinski definition) is 2. The molecule has 3 N–H and O–H groups in total. The lowest BCUT2D eigenvalue weighted by molar-refractivity contribution is 0.318. The lowest BCUT2D eigenvalue weighted by Crippen LogP contribution is -2.19. The molecule has 1 aromatic carbocycles. The van der Waals surface area contributed by atoms with E-state index in [9.17, 15) is 4.39 Å². The summed E-state index contributed by atoms with van der Waals surface area (Å²) in [5, 5.41) is 11.6. The number of oxime groups is 1. The molecule has 0 saturated heterocycles. The second kappa shape index (κ2) is 5.05. The second-order valence-corrected chi connectivity index (χ2v) is 4.02. The van der Waals surface area contributed by atoms with Gasteiger partial charge in [0, 0.05) is 18.9 Å². The Balaban J connectivity index is 2.29. The van der Waals surface area contributed by atoms with Crippen LogP contribution in [0.15, 0.2) is 35.7 Å². The molecular formula is C11H10ClFN4O. The lowest BCUT2D eigenvalue weighted by Gasteiger charge is -2.07. The molecule has 0 fully saturated rings. The van der Waals surface area contributed by atoms with Gasteiger partial charge >= 0.3 is 0 Å². The quantitative estimate of drug-likeness (QED) is 0.386. The van der Waals surface area contributed by atoms with Crippen LogP contribution in [0.2, 0.25) is 5.02 Å². The highest BCUT2D eigenvalue weighted by Crippen LogP contribution is 2.16. The first-order valence-corrected chi connectivity index (χ1v) is 5.42. The standard InChI is InChI=1S/C11H10ClFN4O/c12-8-2-1-7(5-9(8)13)6-17-4-3-15-11(17)10(14)16-18/h1-5,18H,6H2,(H2,14,16). The molecule has 7 heteroatoms. The summed E-state index contributed by atoms with van der Waals surface area (Å²) in [7, 11) is 0. The Kier molecular flexibility index (Phi) is 3.47. The highest BCUT2D eigenvalue weighted by atomic mass is 35.5. The molecule has 18 heavy (non-hydrogen) atoms. The zero-order valence-corrected chi connectivity index (χ0v) is 9.97. The normalized spacial score (nSPS) is 11.8. The van der Waals surface area contributed by atoms with Crippen molar-refractivity contribution >= 4 is 17.4 Å². The van der Waals surface area contributed by atoms with E-state index in [4.69, 9.17) is 22.5 Å². The summed E-state index contributed by atoms with van der Waals surface area (Å²) in [4.78, 5) is 3.95. The molecule has 0 aliphatic carbocycles. The number of imidazole rings is 1. The third-order valence-electron chi connectivity index (χ3n) is 2.39. The average Bonchev–Trinajstić information content (AvgIpc) is 2.81. The van der Waals surface area contributed by atoms with Crippen molar-refractivity contribution in [3.63, 3.8) is 0 Å². The number of benzene rings is 1. The van der Waals surface area contributed by atoms with Crippen LogP contribution in [0.4, 0.5) is 4.39 Å². The van der Waals surface area contributed by atoms with Crippen LogP contribution >= 0.6 is 11.6 Å². The maximum Gasteiger partial charge on any atom is 0.206 e. The van der Waals surface area contributed by atoms with Crippen LogP contribution in [0, 0.1) is 5.82 Å². The highest BCUT2D eigenvalue weighted by molar-refractivity contribution is 6.30. The number of nitrogens with two attached hydrogens (primary N) is 1. The van der Waals surface area contributed by atoms with E-state index in [1.54, 1.807) is 16.8 Å². The summed E-state index contributed by atoms with van der Waals surface area (Å²) in [6.45, 7) is 0.347. The summed E-state index contributed by atoms with van der Waals surface area (Å²) in [5.41, 5.74) is 6.16. The Morgan fingerprint density at radius 2 is 2.33 bits per heavy atom. The molecule has 1 heterocycles. The van der Waals surface area contributed by atoms with Crippen molar-refractivity contribution in [3.8, 4) is 0 Å². The maximum atomic E-state index is 13.3. The topological polar surface area (TPSA) is 76.4 Å². The zero-order chi connectivity index (χ0) is 13.1. The largest absolute Gasteiger partial charge is 0.409 e. The van der Waals surface area contributed by atoms with Crippen molar-refractivity contribution in [2.24, 2.45) is 10.9 Å². The van der Waals surface area contributed by atoms with E-state index in [1.807, 2.05) is 0 Å². The van der Waals surface area contributed by atoms with Crippen molar-refractivity contribution in [2.45, 2.75) is 6.54 Å². The molecule has 0 bridgehead atoms. The van der Waals surface area contributed by atoms with Gasteiger partial charge in [-0.15, -0.1) is 0 Å². The number of rotatable bonds is 3. The molecule has 0 atom stereocenters. The van der Waals surface area contributed by atoms with E-state index >= 15 is 0 Å². The van der Waals surface area contributed by atoms with Crippen LogP contribution in [0.5, 0.6) is 0 Å². The van der Waals surface area contributed by atoms with Crippen LogP contribution in [0.1, 0.15) is 11.4 Å². The number of aromatic nitrogens is 2. The molecule has 2 rings (SSSR count). The van der Waals surface area contributed by atoms with Gasteiger partial charge in [0.2, 0.25) is 5.84 Å². The molecule has 94 valence electrons. The third kappa shape index (κ3) is 2.43. The summed E-state index contributed by atoms with van der Waals surface area (Å²) < 4.78 is 14.9. The van der Waals surface area contributed by atoms with Gasteiger partial charge in [-0.3, -0.25) is 0 Å². The molecule has 0 amide bonds. The Hall–Kier alpha value is -2.08. The van der Waals surface area contributed by atoms with Gasteiger partial charge in [0.25, 0.3) is 0 Å². The number of hydrogen-bond acceptors (Lipinski definition) is 3. The minimum absolute atomic E-state index is 0.0704. The molecule has 0 unspecified atom stereocenters. The molecule has 0 aliphatic rings. The predicted octanol–water partition coefficient (Wildman–Crippen LogP) is 1.82. The van der Waals surface area contributed by atoms with Crippen LogP contribution in [0.25, 0.3) is 0 Å². The second-order valence-electron chi connectivity index (χ2n) is 3.61. The number of amidine groups is 1. The third-order valence-corrected chi connectivity index (χ3v) is 2.70. The Morgan fingerprint density at radius 1 is 1.56 bits per heavy atom. The summed E-state index contributed by atoms with van der Waals surface area (Å²) >= 11 is 5.60. The Labute approximate surface area is 107 Å². The van der Waals surface area contributed by atoms with Crippen molar-refractivity contribution < 1.29 is 9.60 Å². The number of halogens is 2. The van der Waals surface area contributed by atoms with E-state index in [2.05, 4.69) is 10.1 Å². The van der Waals surface area contributed by atoms with E-state index in [1.165, 1.54) is 18.3 Å². The van der Waals surface area contributed by atoms with Crippen molar-refractivity contribution in [1.82, 2.24) is 9.55 Å². The van der Waals surface area contributed by atoms with Gasteiger partial charge < -0.3 is 15.5 Å². The van der Waals surface area contributed by atoms with E-state index in [0.717, 1.165) is 0 Å². The predicted molar refractivity (Wildman–Crippen MR) is 65.2 cm³/mol. The first kappa shape index (κ1) is 12.4. The molecule has 0 radical (unpaired) electrons. The fraction of sp³-hybridized carbons (Fsp3) is 0.0909. The maximum absolute atomic E-state index is 13.3.